The van der Waals surface area contributed by atoms with E-state index in [1.165, 1.54) is 10.8 Å². The Hall–Kier alpha value is -2.23. The Labute approximate surface area is 150 Å². The molecule has 2 rings (SSSR count). The Balaban J connectivity index is 2.22. The molecule has 1 heterocycles. The molecule has 0 radical (unpaired) electrons. The molecule has 26 heavy (non-hydrogen) atoms. The largest absolute Gasteiger partial charge is 0.461 e. The van der Waals surface area contributed by atoms with E-state index < -0.39 is 29.0 Å². The van der Waals surface area contributed by atoms with Gasteiger partial charge in [0, 0.05) is 12.4 Å². The maximum atomic E-state index is 13.9. The van der Waals surface area contributed by atoms with Gasteiger partial charge in [0.25, 0.3) is 0 Å². The zero-order valence-electron chi connectivity index (χ0n) is 14.9. The molecule has 0 saturated heterocycles. The second-order valence-electron chi connectivity index (χ2n) is 6.96. The topological polar surface area (TPSA) is 31.2 Å². The average Bonchev–Trinajstić information content (AvgIpc) is 2.85. The van der Waals surface area contributed by atoms with Crippen molar-refractivity contribution in [2.45, 2.75) is 39.9 Å². The molecule has 0 spiro atoms. The van der Waals surface area contributed by atoms with Gasteiger partial charge in [-0.3, -0.25) is 0 Å². The Kier molecular flexibility index (Phi) is 5.55. The number of hydrogen-bond acceptors (Lipinski definition) is 2. The highest BCUT2D eigenvalue weighted by Crippen LogP contribution is 2.61. The predicted molar refractivity (Wildman–Crippen MR) is 88.6 cm³/mol. The summed E-state index contributed by atoms with van der Waals surface area (Å²) in [4.78, 5) is 11.4. The van der Waals surface area contributed by atoms with Crippen LogP contribution in [-0.4, -0.2) is 17.1 Å². The summed E-state index contributed by atoms with van der Waals surface area (Å²) in [5.74, 6) is -0.312. The van der Waals surface area contributed by atoms with Crippen LogP contribution in [0.25, 0.3) is 0 Å². The number of hydrogen-bond donors (Lipinski definition) is 0. The lowest BCUT2D eigenvalue weighted by molar-refractivity contribution is -0.140. The number of halogens is 4. The first kappa shape index (κ1) is 20.1. The maximum Gasteiger partial charge on any atom is 0.418 e. The molecule has 3 nitrogen and oxygen atoms in total. The number of alkyl halides is 3. The van der Waals surface area contributed by atoms with Crippen molar-refractivity contribution in [1.29, 1.82) is 0 Å². The molecule has 1 aromatic rings. The zero-order chi connectivity index (χ0) is 19.7. The van der Waals surface area contributed by atoms with E-state index in [1.807, 2.05) is 13.8 Å². The molecular weight excluding hydrogens is 350 g/mol. The van der Waals surface area contributed by atoms with Crippen molar-refractivity contribution >= 4 is 5.97 Å². The van der Waals surface area contributed by atoms with Gasteiger partial charge in [0.1, 0.15) is 0 Å². The lowest BCUT2D eigenvalue weighted by Gasteiger charge is -2.08. The first-order valence-corrected chi connectivity index (χ1v) is 8.26. The summed E-state index contributed by atoms with van der Waals surface area (Å²) < 4.78 is 59.6. The van der Waals surface area contributed by atoms with Crippen LogP contribution in [0.2, 0.25) is 0 Å². The highest BCUT2D eigenvalue weighted by molar-refractivity contribution is 5.86. The summed E-state index contributed by atoms with van der Waals surface area (Å²) in [6, 6.07) is 0. The number of carbonyl (C=O) groups excluding carboxylic acids is 1. The van der Waals surface area contributed by atoms with E-state index in [9.17, 15) is 22.4 Å². The lowest BCUT2D eigenvalue weighted by Crippen LogP contribution is -2.08. The molecule has 1 saturated carbocycles. The molecule has 1 fully saturated rings. The SMILES string of the molecule is C#CCn1cc(C[C@@H]2C(C=C(F)C(=O)OCC)C2(C)C)c(C(F)(F)F)c1. The molecule has 0 aliphatic heterocycles. The monoisotopic (exact) mass is 371 g/mol. The highest BCUT2D eigenvalue weighted by Gasteiger charge is 2.57. The fourth-order valence-electron chi connectivity index (χ4n) is 3.34. The van der Waals surface area contributed by atoms with Gasteiger partial charge in [-0.2, -0.15) is 17.6 Å². The fraction of sp³-hybridized carbons (Fsp3) is 0.526. The van der Waals surface area contributed by atoms with Crippen LogP contribution in [-0.2, 0) is 28.7 Å². The van der Waals surface area contributed by atoms with Crippen LogP contribution in [0.15, 0.2) is 24.3 Å². The predicted octanol–water partition coefficient (Wildman–Crippen LogP) is 4.37. The fourth-order valence-corrected chi connectivity index (χ4v) is 3.34. The summed E-state index contributed by atoms with van der Waals surface area (Å²) in [7, 11) is 0. The van der Waals surface area contributed by atoms with E-state index in [4.69, 9.17) is 6.42 Å². The van der Waals surface area contributed by atoms with Crippen molar-refractivity contribution < 1.29 is 27.1 Å². The number of rotatable bonds is 6. The molecule has 142 valence electrons. The number of esters is 1. The lowest BCUT2D eigenvalue weighted by atomic mass is 10.0. The van der Waals surface area contributed by atoms with Gasteiger partial charge in [-0.15, -0.1) is 6.42 Å². The number of allylic oxidation sites excluding steroid dienone is 1. The van der Waals surface area contributed by atoms with E-state index in [1.54, 1.807) is 6.92 Å². The van der Waals surface area contributed by atoms with Crippen LogP contribution in [0, 0.1) is 29.6 Å². The third-order valence-electron chi connectivity index (χ3n) is 4.92. The third kappa shape index (κ3) is 4.12. The van der Waals surface area contributed by atoms with Gasteiger partial charge in [0.2, 0.25) is 5.83 Å². The Morgan fingerprint density at radius 3 is 2.62 bits per heavy atom. The molecule has 0 N–H and O–H groups in total. The second-order valence-corrected chi connectivity index (χ2v) is 6.96. The molecule has 1 aliphatic carbocycles. The van der Waals surface area contributed by atoms with Crippen LogP contribution in [0.4, 0.5) is 17.6 Å². The smallest absolute Gasteiger partial charge is 0.418 e. The van der Waals surface area contributed by atoms with E-state index in [0.29, 0.717) is 0 Å². The summed E-state index contributed by atoms with van der Waals surface area (Å²) in [6.45, 7) is 5.33. The van der Waals surface area contributed by atoms with Crippen molar-refractivity contribution in [3.8, 4) is 12.3 Å². The summed E-state index contributed by atoms with van der Waals surface area (Å²) >= 11 is 0. The quantitative estimate of drug-likeness (QED) is 0.322. The van der Waals surface area contributed by atoms with Crippen molar-refractivity contribution in [1.82, 2.24) is 4.57 Å². The Morgan fingerprint density at radius 2 is 2.08 bits per heavy atom. The second kappa shape index (κ2) is 7.18. The first-order chi connectivity index (χ1) is 12.0. The normalized spacial score (nSPS) is 22.0. The molecular formula is C19H21F4NO2. The number of aromatic nitrogens is 1. The molecule has 1 unspecified atom stereocenters. The molecule has 2 atom stereocenters. The Bertz CT molecular complexity index is 753. The van der Waals surface area contributed by atoms with E-state index >= 15 is 0 Å². The van der Waals surface area contributed by atoms with Crippen LogP contribution < -0.4 is 0 Å². The van der Waals surface area contributed by atoms with Crippen LogP contribution in [0.3, 0.4) is 0 Å². The molecule has 0 amide bonds. The summed E-state index contributed by atoms with van der Waals surface area (Å²) in [6.07, 6.45) is 4.35. The van der Waals surface area contributed by atoms with E-state index in [-0.39, 0.29) is 37.0 Å². The standard InChI is InChI=1S/C19H21F4NO2/c1-5-7-24-10-12(15(11-24)19(21,22)23)8-13-14(18(13,3)4)9-16(20)17(25)26-6-2/h1,9-11,13-14H,6-8H2,2-4H3/t13-,14?/m1/s1. The van der Waals surface area contributed by atoms with Crippen molar-refractivity contribution in [3.63, 3.8) is 0 Å². The van der Waals surface area contributed by atoms with Gasteiger partial charge in [0.05, 0.1) is 18.7 Å². The molecule has 0 bridgehead atoms. The maximum absolute atomic E-state index is 13.9. The average molecular weight is 371 g/mol. The summed E-state index contributed by atoms with van der Waals surface area (Å²) in [5.41, 5.74) is -1.02. The number of carbonyl (C=O) groups is 1. The first-order valence-electron chi connectivity index (χ1n) is 8.26. The van der Waals surface area contributed by atoms with Crippen LogP contribution in [0.5, 0.6) is 0 Å². The van der Waals surface area contributed by atoms with Gasteiger partial charge in [0.15, 0.2) is 0 Å². The van der Waals surface area contributed by atoms with Gasteiger partial charge in [-0.25, -0.2) is 4.79 Å². The van der Waals surface area contributed by atoms with E-state index in [0.717, 1.165) is 12.3 Å². The molecule has 7 heteroatoms. The number of terminal acetylenes is 1. The van der Waals surface area contributed by atoms with Gasteiger partial charge < -0.3 is 9.30 Å². The van der Waals surface area contributed by atoms with Gasteiger partial charge >= 0.3 is 12.1 Å². The molecule has 1 aliphatic rings. The van der Waals surface area contributed by atoms with Gasteiger partial charge in [-0.05, 0) is 42.2 Å². The van der Waals surface area contributed by atoms with Crippen molar-refractivity contribution in [3.05, 3.63) is 35.4 Å². The minimum absolute atomic E-state index is 0.0396. The number of ether oxygens (including phenoxy) is 1. The molecule has 1 aromatic heterocycles. The van der Waals surface area contributed by atoms with Crippen LogP contribution >= 0.6 is 0 Å². The van der Waals surface area contributed by atoms with E-state index in [2.05, 4.69) is 10.7 Å². The zero-order valence-corrected chi connectivity index (χ0v) is 14.9. The highest BCUT2D eigenvalue weighted by atomic mass is 19.4. The minimum Gasteiger partial charge on any atom is -0.461 e. The van der Waals surface area contributed by atoms with Crippen LogP contribution in [0.1, 0.15) is 31.9 Å². The third-order valence-corrected chi connectivity index (χ3v) is 4.92. The minimum atomic E-state index is -4.49. The number of nitrogens with zero attached hydrogens (tertiary/aromatic N) is 1. The van der Waals surface area contributed by atoms with Gasteiger partial charge in [-0.1, -0.05) is 19.8 Å². The van der Waals surface area contributed by atoms with Crippen molar-refractivity contribution in [2.75, 3.05) is 6.61 Å². The molecule has 0 aromatic carbocycles. The van der Waals surface area contributed by atoms with Crippen molar-refractivity contribution in [2.24, 2.45) is 17.3 Å². The summed E-state index contributed by atoms with van der Waals surface area (Å²) in [5, 5.41) is 0. The Morgan fingerprint density at radius 1 is 1.42 bits per heavy atom.